The molecule has 55 heavy (non-hydrogen) atoms. The van der Waals surface area contributed by atoms with Gasteiger partial charge in [-0.15, -0.1) is 0 Å². The summed E-state index contributed by atoms with van der Waals surface area (Å²) in [5.41, 5.74) is 2.42. The van der Waals surface area contributed by atoms with Gasteiger partial charge in [0.25, 0.3) is 17.7 Å². The Morgan fingerprint density at radius 2 is 1.51 bits per heavy atom. The topological polar surface area (TPSA) is 125 Å². The van der Waals surface area contributed by atoms with Gasteiger partial charge in [0.1, 0.15) is 0 Å². The lowest BCUT2D eigenvalue weighted by atomic mass is 9.97. The summed E-state index contributed by atoms with van der Waals surface area (Å²) in [5.74, 6) is -1.05. The van der Waals surface area contributed by atoms with Gasteiger partial charge in [-0.3, -0.25) is 24.1 Å². The lowest BCUT2D eigenvalue weighted by Crippen LogP contribution is -2.51. The van der Waals surface area contributed by atoms with E-state index >= 15 is 0 Å². The van der Waals surface area contributed by atoms with Crippen molar-refractivity contribution in [3.8, 4) is 11.5 Å². The van der Waals surface area contributed by atoms with E-state index in [2.05, 4.69) is 21.2 Å². The maximum Gasteiger partial charge on any atom is 0.261 e. The Morgan fingerprint density at radius 1 is 0.855 bits per heavy atom. The molecule has 0 aromatic heterocycles. The van der Waals surface area contributed by atoms with Crippen molar-refractivity contribution in [2.45, 2.75) is 31.4 Å². The van der Waals surface area contributed by atoms with Gasteiger partial charge >= 0.3 is 0 Å². The average molecular weight is 848 g/mol. The van der Waals surface area contributed by atoms with Crippen LogP contribution in [-0.2, 0) is 17.6 Å². The van der Waals surface area contributed by atoms with E-state index in [4.69, 9.17) is 32.7 Å². The number of fused-ring (bicyclic) bond motifs is 2. The number of methoxy groups -OCH3 is 2. The molecule has 0 saturated carbocycles. The molecule has 0 spiro atoms. The Kier molecular flexibility index (Phi) is 12.8. The van der Waals surface area contributed by atoms with Crippen molar-refractivity contribution in [2.75, 3.05) is 33.9 Å². The first-order valence-electron chi connectivity index (χ1n) is 17.5. The third kappa shape index (κ3) is 9.13. The van der Waals surface area contributed by atoms with Crippen LogP contribution < -0.4 is 14.8 Å². The minimum atomic E-state index is -1.27. The smallest absolute Gasteiger partial charge is 0.261 e. The maximum absolute atomic E-state index is 14.0. The number of hydrogen-bond donors (Lipinski definition) is 2. The van der Waals surface area contributed by atoms with Crippen molar-refractivity contribution in [3.05, 3.63) is 139 Å². The Bertz CT molecular complexity index is 2230. The number of imide groups is 1. The van der Waals surface area contributed by atoms with E-state index < -0.39 is 35.8 Å². The largest absolute Gasteiger partial charge is 0.493 e. The summed E-state index contributed by atoms with van der Waals surface area (Å²) in [5, 5.41) is 17.9. The number of carbonyl (C=O) groups is 4. The molecule has 1 heterocycles. The molecule has 2 N–H and O–H groups in total. The third-order valence-electron chi connectivity index (χ3n) is 9.62. The Morgan fingerprint density at radius 3 is 2.18 bits per heavy atom. The van der Waals surface area contributed by atoms with Gasteiger partial charge in [0, 0.05) is 40.6 Å². The molecule has 0 aliphatic carbocycles. The molecule has 10 nitrogen and oxygen atoms in total. The molecular weight excluding hydrogens is 809 g/mol. The molecule has 5 aromatic carbocycles. The second-order valence-electron chi connectivity index (χ2n) is 13.1. The van der Waals surface area contributed by atoms with Crippen LogP contribution in [0.15, 0.2) is 102 Å². The van der Waals surface area contributed by atoms with Crippen molar-refractivity contribution in [2.24, 2.45) is 0 Å². The molecule has 2 atom stereocenters. The van der Waals surface area contributed by atoms with Gasteiger partial charge in [0.05, 0.1) is 43.1 Å². The molecule has 0 saturated heterocycles. The number of carbonyl (C=O) groups excluding carboxylic acids is 4. The van der Waals surface area contributed by atoms with Crippen LogP contribution in [0.25, 0.3) is 10.8 Å². The lowest BCUT2D eigenvalue weighted by Gasteiger charge is -2.31. The van der Waals surface area contributed by atoms with Crippen LogP contribution in [0.4, 0.5) is 0 Å². The normalized spacial score (nSPS) is 13.4. The predicted octanol–water partition coefficient (Wildman–Crippen LogP) is 7.39. The zero-order valence-electron chi connectivity index (χ0n) is 30.1. The first-order valence-corrected chi connectivity index (χ1v) is 19.1. The SMILES string of the molecule is COc1cc(Br)c(C(=O)NC(Cc2ccc3ccccc3c2)C(O)CN(CCc2ccc(Cl)cc2Cl)C(=O)CCN2C(=O)c3ccccc3C2=O)cc1OC. The Hall–Kier alpha value is -4.94. The van der Waals surface area contributed by atoms with Gasteiger partial charge in [-0.1, -0.05) is 83.9 Å². The molecule has 6 rings (SSSR count). The number of nitrogens with one attached hydrogen (secondary N) is 1. The number of benzene rings is 5. The van der Waals surface area contributed by atoms with E-state index in [1.54, 1.807) is 54.6 Å². The monoisotopic (exact) mass is 845 g/mol. The quantitative estimate of drug-likeness (QED) is 0.105. The number of ether oxygens (including phenoxy) is 2. The molecule has 5 aromatic rings. The van der Waals surface area contributed by atoms with Crippen LogP contribution in [0.2, 0.25) is 10.0 Å². The van der Waals surface area contributed by atoms with E-state index in [0.717, 1.165) is 26.8 Å². The van der Waals surface area contributed by atoms with E-state index in [1.807, 2.05) is 42.5 Å². The first kappa shape index (κ1) is 39.7. The fraction of sp³-hybridized carbons (Fsp3) is 0.238. The molecule has 2 unspecified atom stereocenters. The van der Waals surface area contributed by atoms with Crippen molar-refractivity contribution in [1.29, 1.82) is 0 Å². The number of hydrogen-bond acceptors (Lipinski definition) is 7. The highest BCUT2D eigenvalue weighted by Gasteiger charge is 2.36. The number of nitrogens with zero attached hydrogens (tertiary/aromatic N) is 2. The van der Waals surface area contributed by atoms with E-state index in [1.165, 1.54) is 19.1 Å². The van der Waals surface area contributed by atoms with Crippen LogP contribution >= 0.6 is 39.1 Å². The van der Waals surface area contributed by atoms with E-state index in [9.17, 15) is 24.3 Å². The minimum Gasteiger partial charge on any atom is -0.493 e. The third-order valence-corrected chi connectivity index (χ3v) is 10.9. The van der Waals surface area contributed by atoms with Crippen molar-refractivity contribution >= 4 is 73.5 Å². The highest BCUT2D eigenvalue weighted by atomic mass is 79.9. The Labute approximate surface area is 337 Å². The fourth-order valence-corrected chi connectivity index (χ4v) is 7.64. The summed E-state index contributed by atoms with van der Waals surface area (Å²) in [6, 6.07) is 27.7. The number of aliphatic hydroxyl groups is 1. The second-order valence-corrected chi connectivity index (χ2v) is 14.8. The molecule has 0 fully saturated rings. The van der Waals surface area contributed by atoms with Crippen molar-refractivity contribution in [3.63, 3.8) is 0 Å². The van der Waals surface area contributed by atoms with Gasteiger partial charge in [0.15, 0.2) is 11.5 Å². The average Bonchev–Trinajstić information content (AvgIpc) is 3.43. The Balaban J connectivity index is 1.27. The summed E-state index contributed by atoms with van der Waals surface area (Å²) in [6.45, 7) is -0.195. The highest BCUT2D eigenvalue weighted by molar-refractivity contribution is 9.10. The first-order chi connectivity index (χ1) is 26.5. The maximum atomic E-state index is 14.0. The molecule has 1 aliphatic rings. The number of rotatable bonds is 15. The molecule has 13 heteroatoms. The van der Waals surface area contributed by atoms with Crippen LogP contribution in [-0.4, -0.2) is 84.5 Å². The summed E-state index contributed by atoms with van der Waals surface area (Å²) in [6.07, 6.45) is -0.907. The van der Waals surface area contributed by atoms with Crippen LogP contribution in [0, 0.1) is 0 Å². The molecule has 1 aliphatic heterocycles. The lowest BCUT2D eigenvalue weighted by molar-refractivity contribution is -0.133. The van der Waals surface area contributed by atoms with Crippen molar-refractivity contribution < 1.29 is 33.8 Å². The van der Waals surface area contributed by atoms with Gasteiger partial charge in [0.2, 0.25) is 5.91 Å². The molecule has 284 valence electrons. The number of amides is 4. The standard InChI is InChI=1S/C42H38BrCl2N3O7/c1-54-37-22-32(33(43)23-38(37)55-2)40(51)46-35(20-25-11-12-26-7-3-4-8-28(26)19-25)36(49)24-47(17-15-27-13-14-29(44)21-34(27)45)39(50)16-18-48-41(52)30-9-5-6-10-31(30)42(48)53/h3-14,19,21-23,35-36,49H,15-18,20,24H2,1-2H3,(H,46,51). The summed E-state index contributed by atoms with van der Waals surface area (Å²) < 4.78 is 11.3. The summed E-state index contributed by atoms with van der Waals surface area (Å²) >= 11 is 16.1. The summed E-state index contributed by atoms with van der Waals surface area (Å²) in [7, 11) is 2.96. The fourth-order valence-electron chi connectivity index (χ4n) is 6.64. The predicted molar refractivity (Wildman–Crippen MR) is 215 cm³/mol. The number of aliphatic hydroxyl groups excluding tert-OH is 1. The van der Waals surface area contributed by atoms with Crippen LogP contribution in [0.1, 0.15) is 48.6 Å². The molecule has 0 radical (unpaired) electrons. The van der Waals surface area contributed by atoms with Gasteiger partial charge < -0.3 is 24.8 Å². The summed E-state index contributed by atoms with van der Waals surface area (Å²) in [4.78, 5) is 56.6. The highest BCUT2D eigenvalue weighted by Crippen LogP contribution is 2.33. The van der Waals surface area contributed by atoms with Crippen LogP contribution in [0.5, 0.6) is 11.5 Å². The molecule has 0 bridgehead atoms. The number of halogens is 3. The van der Waals surface area contributed by atoms with Gasteiger partial charge in [-0.25, -0.2) is 0 Å². The molecular formula is C42H38BrCl2N3O7. The van der Waals surface area contributed by atoms with E-state index in [0.29, 0.717) is 32.4 Å². The van der Waals surface area contributed by atoms with Crippen molar-refractivity contribution in [1.82, 2.24) is 15.1 Å². The van der Waals surface area contributed by atoms with Gasteiger partial charge in [-0.2, -0.15) is 0 Å². The van der Waals surface area contributed by atoms with Gasteiger partial charge in [-0.05, 0) is 87.1 Å². The minimum absolute atomic E-state index is 0.136. The van der Waals surface area contributed by atoms with Crippen LogP contribution in [0.3, 0.4) is 0 Å². The van der Waals surface area contributed by atoms with E-state index in [-0.39, 0.29) is 49.2 Å². The molecule has 4 amide bonds. The zero-order valence-corrected chi connectivity index (χ0v) is 33.2. The second kappa shape index (κ2) is 17.7. The zero-order chi connectivity index (χ0) is 39.2.